The Morgan fingerprint density at radius 1 is 1.56 bits per heavy atom. The summed E-state index contributed by atoms with van der Waals surface area (Å²) < 4.78 is 1.59. The molecule has 1 atom stereocenters. The number of hydrogen-bond acceptors (Lipinski definition) is 3. The fourth-order valence-electron chi connectivity index (χ4n) is 1.32. The van der Waals surface area contributed by atoms with Gasteiger partial charge >= 0.3 is 5.97 Å². The van der Waals surface area contributed by atoms with Crippen molar-refractivity contribution in [3.8, 4) is 0 Å². The molecule has 0 radical (unpaired) electrons. The van der Waals surface area contributed by atoms with Crippen LogP contribution in [0.1, 0.15) is 16.9 Å². The Bertz CT molecular complexity index is 386. The maximum Gasteiger partial charge on any atom is 0.326 e. The molecular weight excluding hydrogens is 212 g/mol. The molecule has 0 fully saturated rings. The maximum absolute atomic E-state index is 11.6. The summed E-state index contributed by atoms with van der Waals surface area (Å²) >= 11 is 0. The fraction of sp³-hybridized carbons (Fsp3) is 0.400. The summed E-state index contributed by atoms with van der Waals surface area (Å²) in [4.78, 5) is 22.4. The minimum atomic E-state index is -1.16. The Kier molecular flexibility index (Phi) is 4.07. The number of carbonyl (C=O) groups is 2. The molecule has 6 nitrogen and oxygen atoms in total. The normalized spacial score (nSPS) is 12.1. The smallest absolute Gasteiger partial charge is 0.326 e. The van der Waals surface area contributed by atoms with Crippen molar-refractivity contribution in [3.63, 3.8) is 0 Å². The Hall–Kier alpha value is -1.82. The Morgan fingerprint density at radius 3 is 2.69 bits per heavy atom. The second-order valence-corrected chi connectivity index (χ2v) is 3.38. The second-order valence-electron chi connectivity index (χ2n) is 3.38. The first-order chi connectivity index (χ1) is 7.56. The van der Waals surface area contributed by atoms with Crippen molar-refractivity contribution in [1.82, 2.24) is 9.88 Å². The number of aliphatic hydroxyl groups is 1. The number of hydrogen-bond donors (Lipinski definition) is 3. The minimum Gasteiger partial charge on any atom is -0.480 e. The van der Waals surface area contributed by atoms with Crippen LogP contribution in [0, 0.1) is 0 Å². The van der Waals surface area contributed by atoms with Crippen molar-refractivity contribution >= 4 is 11.9 Å². The fourth-order valence-corrected chi connectivity index (χ4v) is 1.32. The van der Waals surface area contributed by atoms with Gasteiger partial charge in [-0.15, -0.1) is 0 Å². The molecule has 88 valence electrons. The summed E-state index contributed by atoms with van der Waals surface area (Å²) in [7, 11) is 1.69. The van der Waals surface area contributed by atoms with Crippen LogP contribution < -0.4 is 5.32 Å². The zero-order valence-corrected chi connectivity index (χ0v) is 8.88. The number of amides is 1. The predicted molar refractivity (Wildman–Crippen MR) is 56.0 cm³/mol. The Labute approximate surface area is 92.5 Å². The number of aliphatic hydroxyl groups excluding tert-OH is 1. The van der Waals surface area contributed by atoms with Gasteiger partial charge in [0.05, 0.1) is 0 Å². The first-order valence-electron chi connectivity index (χ1n) is 4.82. The van der Waals surface area contributed by atoms with Gasteiger partial charge < -0.3 is 20.1 Å². The SMILES string of the molecule is Cn1cccc1C(=O)N[C@@H](CCO)C(=O)O. The molecule has 0 bridgehead atoms. The summed E-state index contributed by atoms with van der Waals surface area (Å²) in [5.41, 5.74) is 0.379. The van der Waals surface area contributed by atoms with Crippen LogP contribution in [-0.4, -0.2) is 39.3 Å². The topological polar surface area (TPSA) is 91.6 Å². The molecule has 1 aromatic heterocycles. The number of carboxylic acids is 1. The highest BCUT2D eigenvalue weighted by Gasteiger charge is 2.20. The summed E-state index contributed by atoms with van der Waals surface area (Å²) in [6.45, 7) is -0.287. The van der Waals surface area contributed by atoms with Crippen LogP contribution in [0.15, 0.2) is 18.3 Å². The van der Waals surface area contributed by atoms with Crippen LogP contribution in [0.4, 0.5) is 0 Å². The van der Waals surface area contributed by atoms with Crippen molar-refractivity contribution in [2.45, 2.75) is 12.5 Å². The molecule has 16 heavy (non-hydrogen) atoms. The molecule has 1 heterocycles. The number of aliphatic carboxylic acids is 1. The zero-order valence-electron chi connectivity index (χ0n) is 8.88. The van der Waals surface area contributed by atoms with E-state index in [0.29, 0.717) is 5.69 Å². The van der Waals surface area contributed by atoms with E-state index in [1.807, 2.05) is 0 Å². The molecule has 1 amide bonds. The molecule has 0 aliphatic rings. The average Bonchev–Trinajstić information content (AvgIpc) is 2.63. The van der Waals surface area contributed by atoms with Crippen LogP contribution in [0.2, 0.25) is 0 Å². The molecule has 0 aliphatic heterocycles. The summed E-state index contributed by atoms with van der Waals surface area (Å²) in [6, 6.07) is 2.22. The average molecular weight is 226 g/mol. The van der Waals surface area contributed by atoms with Crippen molar-refractivity contribution in [2.24, 2.45) is 7.05 Å². The Morgan fingerprint density at radius 2 is 2.25 bits per heavy atom. The van der Waals surface area contributed by atoms with Crippen LogP contribution >= 0.6 is 0 Å². The van der Waals surface area contributed by atoms with Gasteiger partial charge in [-0.1, -0.05) is 0 Å². The number of aryl methyl sites for hydroxylation is 1. The van der Waals surface area contributed by atoms with Crippen molar-refractivity contribution in [2.75, 3.05) is 6.61 Å². The molecule has 0 aromatic carbocycles. The van der Waals surface area contributed by atoms with Gasteiger partial charge in [-0.05, 0) is 12.1 Å². The highest BCUT2D eigenvalue weighted by atomic mass is 16.4. The number of nitrogens with zero attached hydrogens (tertiary/aromatic N) is 1. The molecule has 1 rings (SSSR count). The van der Waals surface area contributed by atoms with E-state index in [4.69, 9.17) is 10.2 Å². The van der Waals surface area contributed by atoms with Gasteiger partial charge in [0.2, 0.25) is 0 Å². The molecule has 3 N–H and O–H groups in total. The molecule has 1 aromatic rings. The van der Waals surface area contributed by atoms with Crippen molar-refractivity contribution in [1.29, 1.82) is 0 Å². The monoisotopic (exact) mass is 226 g/mol. The van der Waals surface area contributed by atoms with E-state index in [9.17, 15) is 9.59 Å². The lowest BCUT2D eigenvalue weighted by Crippen LogP contribution is -2.41. The third-order valence-corrected chi connectivity index (χ3v) is 2.20. The van der Waals surface area contributed by atoms with E-state index >= 15 is 0 Å². The van der Waals surface area contributed by atoms with Crippen LogP contribution in [0.25, 0.3) is 0 Å². The van der Waals surface area contributed by atoms with Gasteiger partial charge in [-0.3, -0.25) is 4.79 Å². The second kappa shape index (κ2) is 5.32. The quantitative estimate of drug-likeness (QED) is 0.636. The molecular formula is C10H14N2O4. The first-order valence-corrected chi connectivity index (χ1v) is 4.82. The van der Waals surface area contributed by atoms with Gasteiger partial charge in [0.15, 0.2) is 0 Å². The molecule has 0 saturated carbocycles. The van der Waals surface area contributed by atoms with E-state index in [0.717, 1.165) is 0 Å². The number of carbonyl (C=O) groups excluding carboxylic acids is 1. The highest BCUT2D eigenvalue weighted by Crippen LogP contribution is 2.01. The lowest BCUT2D eigenvalue weighted by Gasteiger charge is -2.13. The van der Waals surface area contributed by atoms with Gasteiger partial charge in [0.25, 0.3) is 5.91 Å². The third kappa shape index (κ3) is 2.83. The lowest BCUT2D eigenvalue weighted by atomic mass is 10.2. The third-order valence-electron chi connectivity index (χ3n) is 2.20. The van der Waals surface area contributed by atoms with Gasteiger partial charge in [0.1, 0.15) is 11.7 Å². The van der Waals surface area contributed by atoms with Gasteiger partial charge in [0, 0.05) is 26.3 Å². The zero-order chi connectivity index (χ0) is 12.1. The summed E-state index contributed by atoms with van der Waals surface area (Å²) in [6.07, 6.45) is 1.68. The largest absolute Gasteiger partial charge is 0.480 e. The van der Waals surface area contributed by atoms with Gasteiger partial charge in [-0.2, -0.15) is 0 Å². The van der Waals surface area contributed by atoms with Crippen molar-refractivity contribution < 1.29 is 19.8 Å². The number of aromatic nitrogens is 1. The van der Waals surface area contributed by atoms with Gasteiger partial charge in [-0.25, -0.2) is 4.79 Å². The van der Waals surface area contributed by atoms with E-state index in [1.54, 1.807) is 29.9 Å². The highest BCUT2D eigenvalue weighted by molar-refractivity contribution is 5.95. The molecule has 0 aliphatic carbocycles. The Balaban J connectivity index is 2.69. The molecule has 0 unspecified atom stereocenters. The first kappa shape index (κ1) is 12.3. The molecule has 6 heteroatoms. The van der Waals surface area contributed by atoms with Crippen molar-refractivity contribution in [3.05, 3.63) is 24.0 Å². The van der Waals surface area contributed by atoms with Crippen LogP contribution in [0.3, 0.4) is 0 Å². The predicted octanol–water partition coefficient (Wildman–Crippen LogP) is -0.410. The lowest BCUT2D eigenvalue weighted by molar-refractivity contribution is -0.139. The molecule has 0 spiro atoms. The number of carboxylic acid groups (broad SMARTS) is 1. The summed E-state index contributed by atoms with van der Waals surface area (Å²) in [5, 5.41) is 19.8. The minimum absolute atomic E-state index is 0.00844. The van der Waals surface area contributed by atoms with Crippen LogP contribution in [0.5, 0.6) is 0 Å². The maximum atomic E-state index is 11.6. The molecule has 0 saturated heterocycles. The van der Waals surface area contributed by atoms with E-state index in [1.165, 1.54) is 0 Å². The van der Waals surface area contributed by atoms with E-state index < -0.39 is 17.9 Å². The van der Waals surface area contributed by atoms with Crippen LogP contribution in [-0.2, 0) is 11.8 Å². The standard InChI is InChI=1S/C10H14N2O4/c1-12-5-2-3-8(12)9(14)11-7(4-6-13)10(15)16/h2-3,5,7,13H,4,6H2,1H3,(H,11,14)(H,15,16)/t7-/m0/s1. The summed E-state index contributed by atoms with van der Waals surface area (Å²) in [5.74, 6) is -1.62. The van der Waals surface area contributed by atoms with E-state index in [2.05, 4.69) is 5.32 Å². The van der Waals surface area contributed by atoms with E-state index in [-0.39, 0.29) is 13.0 Å². The number of nitrogens with one attached hydrogen (secondary N) is 1. The number of rotatable bonds is 5.